The number of hydrogen-bond donors (Lipinski definition) is 1. The summed E-state index contributed by atoms with van der Waals surface area (Å²) in [6.07, 6.45) is 4.26. The molecule has 1 aromatic carbocycles. The quantitative estimate of drug-likeness (QED) is 0.793. The number of pyridine rings is 1. The van der Waals surface area contributed by atoms with Gasteiger partial charge in [0.05, 0.1) is 5.39 Å². The lowest BCUT2D eigenvalue weighted by atomic mass is 10.1. The number of anilines is 1. The standard InChI is InChI=1S/C16H15FN4/c1-2-7-18-15-14-8-12(9-19-16(14)21-10-20-15)11-3-5-13(17)6-4-11/h3-6,8-10H,2,7H2,1H3,(H,18,19,20,21). The average molecular weight is 282 g/mol. The molecule has 21 heavy (non-hydrogen) atoms. The summed E-state index contributed by atoms with van der Waals surface area (Å²) in [6, 6.07) is 8.34. The fourth-order valence-corrected chi connectivity index (χ4v) is 2.13. The van der Waals surface area contributed by atoms with Gasteiger partial charge in [0.25, 0.3) is 0 Å². The zero-order valence-corrected chi connectivity index (χ0v) is 11.7. The molecule has 0 aliphatic heterocycles. The fraction of sp³-hybridized carbons (Fsp3) is 0.188. The van der Waals surface area contributed by atoms with Crippen molar-refractivity contribution in [1.29, 1.82) is 0 Å². The van der Waals surface area contributed by atoms with Crippen LogP contribution in [0.5, 0.6) is 0 Å². The van der Waals surface area contributed by atoms with Gasteiger partial charge in [-0.1, -0.05) is 19.1 Å². The van der Waals surface area contributed by atoms with E-state index in [2.05, 4.69) is 27.2 Å². The van der Waals surface area contributed by atoms with Crippen molar-refractivity contribution in [3.8, 4) is 11.1 Å². The molecular formula is C16H15FN4. The van der Waals surface area contributed by atoms with Crippen LogP contribution >= 0.6 is 0 Å². The summed E-state index contributed by atoms with van der Waals surface area (Å²) in [5, 5.41) is 4.14. The Labute approximate surface area is 122 Å². The molecule has 5 heteroatoms. The first-order valence-corrected chi connectivity index (χ1v) is 6.88. The van der Waals surface area contributed by atoms with Crippen LogP contribution in [0.1, 0.15) is 13.3 Å². The summed E-state index contributed by atoms with van der Waals surface area (Å²) in [7, 11) is 0. The SMILES string of the molecule is CCCNc1ncnc2ncc(-c3ccc(F)cc3)cc12. The van der Waals surface area contributed by atoms with Crippen LogP contribution in [-0.4, -0.2) is 21.5 Å². The first-order valence-electron chi connectivity index (χ1n) is 6.88. The van der Waals surface area contributed by atoms with Crippen molar-refractivity contribution < 1.29 is 4.39 Å². The van der Waals surface area contributed by atoms with Gasteiger partial charge in [-0.25, -0.2) is 19.3 Å². The van der Waals surface area contributed by atoms with E-state index in [4.69, 9.17) is 0 Å². The Hall–Kier alpha value is -2.56. The van der Waals surface area contributed by atoms with Gasteiger partial charge in [0.1, 0.15) is 18.0 Å². The van der Waals surface area contributed by atoms with Gasteiger partial charge in [0, 0.05) is 18.3 Å². The highest BCUT2D eigenvalue weighted by Crippen LogP contribution is 2.25. The molecule has 2 aromatic heterocycles. The van der Waals surface area contributed by atoms with Crippen molar-refractivity contribution >= 4 is 16.9 Å². The van der Waals surface area contributed by atoms with Crippen molar-refractivity contribution in [2.75, 3.05) is 11.9 Å². The summed E-state index contributed by atoms with van der Waals surface area (Å²) in [6.45, 7) is 2.94. The Morgan fingerprint density at radius 2 is 1.86 bits per heavy atom. The summed E-state index contributed by atoms with van der Waals surface area (Å²) < 4.78 is 13.0. The monoisotopic (exact) mass is 282 g/mol. The molecule has 0 radical (unpaired) electrons. The summed E-state index contributed by atoms with van der Waals surface area (Å²) >= 11 is 0. The van der Waals surface area contributed by atoms with E-state index in [1.54, 1.807) is 18.3 Å². The number of halogens is 1. The molecule has 0 fully saturated rings. The van der Waals surface area contributed by atoms with Crippen molar-refractivity contribution in [3.63, 3.8) is 0 Å². The van der Waals surface area contributed by atoms with Crippen LogP contribution in [0.2, 0.25) is 0 Å². The van der Waals surface area contributed by atoms with Crippen LogP contribution in [0.3, 0.4) is 0 Å². The van der Waals surface area contributed by atoms with E-state index < -0.39 is 0 Å². The van der Waals surface area contributed by atoms with Crippen LogP contribution in [0, 0.1) is 5.82 Å². The summed E-state index contributed by atoms with van der Waals surface area (Å²) in [5.74, 6) is 0.527. The highest BCUT2D eigenvalue weighted by Gasteiger charge is 2.07. The third-order valence-corrected chi connectivity index (χ3v) is 3.21. The smallest absolute Gasteiger partial charge is 0.164 e. The Balaban J connectivity index is 2.07. The number of aromatic nitrogens is 3. The van der Waals surface area contributed by atoms with Crippen molar-refractivity contribution in [1.82, 2.24) is 15.0 Å². The number of nitrogens with zero attached hydrogens (tertiary/aromatic N) is 3. The molecule has 3 aromatic rings. The third kappa shape index (κ3) is 2.81. The topological polar surface area (TPSA) is 50.7 Å². The zero-order chi connectivity index (χ0) is 14.7. The third-order valence-electron chi connectivity index (χ3n) is 3.21. The number of rotatable bonds is 4. The highest BCUT2D eigenvalue weighted by atomic mass is 19.1. The van der Waals surface area contributed by atoms with Crippen molar-refractivity contribution in [2.45, 2.75) is 13.3 Å². The van der Waals surface area contributed by atoms with Gasteiger partial charge in [0.2, 0.25) is 0 Å². The van der Waals surface area contributed by atoms with E-state index in [0.717, 1.165) is 35.3 Å². The molecule has 106 valence electrons. The molecule has 0 saturated carbocycles. The van der Waals surface area contributed by atoms with Crippen LogP contribution in [0.25, 0.3) is 22.2 Å². The zero-order valence-electron chi connectivity index (χ0n) is 11.7. The first kappa shape index (κ1) is 13.4. The summed E-state index contributed by atoms with van der Waals surface area (Å²) in [5.41, 5.74) is 2.47. The predicted molar refractivity (Wildman–Crippen MR) is 81.5 cm³/mol. The Kier molecular flexibility index (Phi) is 3.73. The second-order valence-corrected chi connectivity index (χ2v) is 4.75. The molecule has 3 rings (SSSR count). The van der Waals surface area contributed by atoms with Crippen LogP contribution < -0.4 is 5.32 Å². The lowest BCUT2D eigenvalue weighted by Crippen LogP contribution is -2.03. The minimum Gasteiger partial charge on any atom is -0.369 e. The van der Waals surface area contributed by atoms with Gasteiger partial charge in [-0.2, -0.15) is 0 Å². The maximum absolute atomic E-state index is 13.0. The molecular weight excluding hydrogens is 267 g/mol. The van der Waals surface area contributed by atoms with E-state index in [1.165, 1.54) is 18.5 Å². The normalized spacial score (nSPS) is 10.8. The number of benzene rings is 1. The molecule has 0 spiro atoms. The second-order valence-electron chi connectivity index (χ2n) is 4.75. The molecule has 2 heterocycles. The van der Waals surface area contributed by atoms with Crippen LogP contribution in [0.15, 0.2) is 42.9 Å². The van der Waals surface area contributed by atoms with Gasteiger partial charge < -0.3 is 5.32 Å². The largest absolute Gasteiger partial charge is 0.369 e. The molecule has 0 amide bonds. The predicted octanol–water partition coefficient (Wildman–Crippen LogP) is 3.65. The Bertz CT molecular complexity index is 756. The highest BCUT2D eigenvalue weighted by molar-refractivity contribution is 5.89. The molecule has 0 saturated heterocycles. The molecule has 0 bridgehead atoms. The number of nitrogens with one attached hydrogen (secondary N) is 1. The average Bonchev–Trinajstić information content (AvgIpc) is 2.53. The fourth-order valence-electron chi connectivity index (χ4n) is 2.13. The van der Waals surface area contributed by atoms with Gasteiger partial charge in [-0.3, -0.25) is 0 Å². The van der Waals surface area contributed by atoms with Crippen LogP contribution in [0.4, 0.5) is 10.2 Å². The van der Waals surface area contributed by atoms with Gasteiger partial charge >= 0.3 is 0 Å². The second kappa shape index (κ2) is 5.83. The van der Waals surface area contributed by atoms with E-state index in [-0.39, 0.29) is 5.82 Å². The van der Waals surface area contributed by atoms with E-state index >= 15 is 0 Å². The maximum atomic E-state index is 13.0. The van der Waals surface area contributed by atoms with Gasteiger partial charge in [-0.05, 0) is 30.2 Å². The van der Waals surface area contributed by atoms with E-state index in [0.29, 0.717) is 5.65 Å². The van der Waals surface area contributed by atoms with Crippen molar-refractivity contribution in [2.24, 2.45) is 0 Å². The minimum absolute atomic E-state index is 0.249. The first-order chi connectivity index (χ1) is 10.3. The Morgan fingerprint density at radius 1 is 1.05 bits per heavy atom. The number of fused-ring (bicyclic) bond motifs is 1. The van der Waals surface area contributed by atoms with E-state index in [1.807, 2.05) is 6.07 Å². The van der Waals surface area contributed by atoms with E-state index in [9.17, 15) is 4.39 Å². The molecule has 0 unspecified atom stereocenters. The number of hydrogen-bond acceptors (Lipinski definition) is 4. The molecule has 0 atom stereocenters. The van der Waals surface area contributed by atoms with Gasteiger partial charge in [-0.15, -0.1) is 0 Å². The molecule has 1 N–H and O–H groups in total. The molecule has 4 nitrogen and oxygen atoms in total. The minimum atomic E-state index is -0.249. The lowest BCUT2D eigenvalue weighted by molar-refractivity contribution is 0.628. The summed E-state index contributed by atoms with van der Waals surface area (Å²) in [4.78, 5) is 12.8. The lowest BCUT2D eigenvalue weighted by Gasteiger charge is -2.08. The Morgan fingerprint density at radius 3 is 2.62 bits per heavy atom. The molecule has 0 aliphatic carbocycles. The maximum Gasteiger partial charge on any atom is 0.164 e. The van der Waals surface area contributed by atoms with Gasteiger partial charge in [0.15, 0.2) is 5.65 Å². The van der Waals surface area contributed by atoms with Crippen molar-refractivity contribution in [3.05, 3.63) is 48.7 Å². The van der Waals surface area contributed by atoms with Crippen LogP contribution in [-0.2, 0) is 0 Å². The molecule has 0 aliphatic rings.